The molecule has 3 rings (SSSR count). The van der Waals surface area contributed by atoms with E-state index in [1.807, 2.05) is 20.8 Å². The van der Waals surface area contributed by atoms with Crippen LogP contribution in [-0.2, 0) is 19.1 Å². The van der Waals surface area contributed by atoms with Gasteiger partial charge in [-0.1, -0.05) is 70.8 Å². The van der Waals surface area contributed by atoms with Gasteiger partial charge in [0.25, 0.3) is 0 Å². The minimum Gasteiger partial charge on any atom is -0.462 e. The Morgan fingerprint density at radius 3 is 2.44 bits per heavy atom. The van der Waals surface area contributed by atoms with Crippen molar-refractivity contribution < 1.29 is 19.1 Å². The van der Waals surface area contributed by atoms with Gasteiger partial charge in [0.1, 0.15) is 11.7 Å². The van der Waals surface area contributed by atoms with Crippen molar-refractivity contribution in [1.29, 1.82) is 0 Å². The summed E-state index contributed by atoms with van der Waals surface area (Å²) in [5.41, 5.74) is 4.29. The Morgan fingerprint density at radius 2 is 1.76 bits per heavy atom. The molecule has 41 heavy (non-hydrogen) atoms. The first-order valence-corrected chi connectivity index (χ1v) is 16.8. The van der Waals surface area contributed by atoms with Gasteiger partial charge in [0.15, 0.2) is 0 Å². The van der Waals surface area contributed by atoms with Crippen molar-refractivity contribution in [2.24, 2.45) is 29.1 Å². The molecule has 232 valence electrons. The van der Waals surface area contributed by atoms with Gasteiger partial charge in [-0.25, -0.2) is 0 Å². The number of esters is 2. The lowest BCUT2D eigenvalue weighted by Crippen LogP contribution is -2.36. The van der Waals surface area contributed by atoms with Crippen LogP contribution in [0.4, 0.5) is 0 Å². The maximum Gasteiger partial charge on any atom is 0.306 e. The number of ether oxygens (including phenoxy) is 2. The molecule has 0 N–H and O–H groups in total. The number of carbonyl (C=O) groups is 2. The molecule has 0 bridgehead atoms. The van der Waals surface area contributed by atoms with Crippen LogP contribution in [0.15, 0.2) is 34.9 Å². The molecule has 0 aromatic rings. The topological polar surface area (TPSA) is 52.6 Å². The van der Waals surface area contributed by atoms with Crippen LogP contribution >= 0.6 is 0 Å². The normalized spacial score (nSPS) is 30.6. The van der Waals surface area contributed by atoms with Crippen LogP contribution in [0.3, 0.4) is 0 Å². The largest absolute Gasteiger partial charge is 0.462 e. The average Bonchev–Trinajstić information content (AvgIpc) is 3.22. The third-order valence-corrected chi connectivity index (χ3v) is 9.99. The average molecular weight is 569 g/mol. The minimum absolute atomic E-state index is 0.0461. The predicted molar refractivity (Wildman–Crippen MR) is 169 cm³/mol. The number of unbranched alkanes of at least 4 members (excludes halogenated alkanes) is 1. The molecule has 4 heteroatoms. The molecule has 3 fully saturated rings. The molecule has 0 radical (unpaired) electrons. The molecular weight excluding hydrogens is 508 g/mol. The Hall–Kier alpha value is -1.84. The van der Waals surface area contributed by atoms with Crippen molar-refractivity contribution in [2.75, 3.05) is 0 Å². The summed E-state index contributed by atoms with van der Waals surface area (Å²) in [6.07, 6.45) is 22.4. The fourth-order valence-electron chi connectivity index (χ4n) is 8.09. The van der Waals surface area contributed by atoms with E-state index in [0.29, 0.717) is 17.8 Å². The number of hydrogen-bond donors (Lipinski definition) is 0. The van der Waals surface area contributed by atoms with Crippen LogP contribution in [0.1, 0.15) is 145 Å². The highest BCUT2D eigenvalue weighted by Gasteiger charge is 2.50. The summed E-state index contributed by atoms with van der Waals surface area (Å²) in [4.78, 5) is 23.9. The first-order valence-electron chi connectivity index (χ1n) is 16.8. The molecule has 0 aromatic carbocycles. The number of hydrogen-bond acceptors (Lipinski definition) is 4. The van der Waals surface area contributed by atoms with Crippen molar-refractivity contribution in [3.8, 4) is 0 Å². The zero-order valence-corrected chi connectivity index (χ0v) is 27.7. The van der Waals surface area contributed by atoms with Gasteiger partial charge in [0.05, 0.1) is 0 Å². The molecule has 3 saturated carbocycles. The quantitative estimate of drug-likeness (QED) is 0.184. The van der Waals surface area contributed by atoms with E-state index < -0.39 is 5.60 Å². The van der Waals surface area contributed by atoms with Crippen molar-refractivity contribution in [3.63, 3.8) is 0 Å². The van der Waals surface area contributed by atoms with E-state index in [1.54, 1.807) is 5.57 Å². The Bertz CT molecular complexity index is 977. The lowest BCUT2D eigenvalue weighted by atomic mass is 9.60. The van der Waals surface area contributed by atoms with Gasteiger partial charge in [-0.3, -0.25) is 9.59 Å². The highest BCUT2D eigenvalue weighted by molar-refractivity contribution is 5.69. The number of carbonyl (C=O) groups excluding carboxylic acids is 2. The summed E-state index contributed by atoms with van der Waals surface area (Å²) in [6, 6.07) is 0. The molecule has 0 amide bonds. The number of allylic oxidation sites excluding steroid dienone is 5. The summed E-state index contributed by atoms with van der Waals surface area (Å²) in [5, 5.41) is 0. The van der Waals surface area contributed by atoms with E-state index >= 15 is 0 Å². The Labute approximate surface area is 251 Å². The number of fused-ring (bicyclic) bond motifs is 1. The Morgan fingerprint density at radius 1 is 1.00 bits per heavy atom. The monoisotopic (exact) mass is 568 g/mol. The second-order valence-electron chi connectivity index (χ2n) is 15.0. The summed E-state index contributed by atoms with van der Waals surface area (Å²) in [7, 11) is 0. The molecule has 3 aliphatic rings. The summed E-state index contributed by atoms with van der Waals surface area (Å²) in [5.74, 6) is 2.81. The SMILES string of the molecule is CC(=O)O[C@H]1CCC(=C\CCCC(=O)OC(C)(C)C)/C(=C/C=C2\CCC[C@]3(C)[C@@H]([C@H](C)CCCC(C)C)CC[C@@H]23)C1. The maximum atomic E-state index is 12.1. The van der Waals surface area contributed by atoms with Crippen molar-refractivity contribution in [3.05, 3.63) is 34.9 Å². The first kappa shape index (κ1) is 33.7. The molecule has 0 saturated heterocycles. The third-order valence-electron chi connectivity index (χ3n) is 9.99. The minimum atomic E-state index is -0.436. The third kappa shape index (κ3) is 10.1. The molecule has 5 atom stereocenters. The van der Waals surface area contributed by atoms with E-state index in [2.05, 4.69) is 45.9 Å². The van der Waals surface area contributed by atoms with Gasteiger partial charge in [0, 0.05) is 19.8 Å². The van der Waals surface area contributed by atoms with Crippen LogP contribution < -0.4 is 0 Å². The van der Waals surface area contributed by atoms with E-state index in [4.69, 9.17) is 9.47 Å². The number of rotatable bonds is 11. The van der Waals surface area contributed by atoms with Gasteiger partial charge < -0.3 is 9.47 Å². The van der Waals surface area contributed by atoms with Crippen LogP contribution in [0.2, 0.25) is 0 Å². The predicted octanol–water partition coefficient (Wildman–Crippen LogP) is 10.1. The van der Waals surface area contributed by atoms with Crippen molar-refractivity contribution in [2.45, 2.75) is 157 Å². The second kappa shape index (κ2) is 15.1. The lowest BCUT2D eigenvalue weighted by molar-refractivity contribution is -0.155. The van der Waals surface area contributed by atoms with Crippen molar-refractivity contribution >= 4 is 11.9 Å². The molecular formula is C37H60O4. The van der Waals surface area contributed by atoms with E-state index in [1.165, 1.54) is 69.4 Å². The molecule has 0 spiro atoms. The van der Waals surface area contributed by atoms with Crippen LogP contribution in [-0.4, -0.2) is 23.6 Å². The highest BCUT2D eigenvalue weighted by atomic mass is 16.6. The van der Waals surface area contributed by atoms with Gasteiger partial charge in [0.2, 0.25) is 0 Å². The standard InChI is InChI=1S/C37H60O4/c1-26(2)13-11-14-27(3)33-22-23-34-30(16-12-24-37(33,34)8)18-19-31-25-32(40-28(4)38)21-20-29(31)15-9-10-17-35(39)41-36(5,6)7/h15,18-19,26-27,32-34H,9-14,16-17,20-25H2,1-8H3/b29-15+,30-18+,31-19+/t27-,32+,33-,34+,37-/m1/s1. The van der Waals surface area contributed by atoms with Gasteiger partial charge in [-0.05, 0) is 119 Å². The van der Waals surface area contributed by atoms with Gasteiger partial charge >= 0.3 is 11.9 Å². The Balaban J connectivity index is 1.72. The highest BCUT2D eigenvalue weighted by Crippen LogP contribution is 2.60. The molecule has 0 unspecified atom stereocenters. The molecule has 0 heterocycles. The molecule has 3 aliphatic carbocycles. The smallest absolute Gasteiger partial charge is 0.306 e. The summed E-state index contributed by atoms with van der Waals surface area (Å²) >= 11 is 0. The van der Waals surface area contributed by atoms with Crippen LogP contribution in [0.25, 0.3) is 0 Å². The maximum absolute atomic E-state index is 12.1. The summed E-state index contributed by atoms with van der Waals surface area (Å²) in [6.45, 7) is 17.1. The second-order valence-corrected chi connectivity index (χ2v) is 15.0. The van der Waals surface area contributed by atoms with Gasteiger partial charge in [-0.2, -0.15) is 0 Å². The summed E-state index contributed by atoms with van der Waals surface area (Å²) < 4.78 is 11.1. The van der Waals surface area contributed by atoms with Crippen LogP contribution in [0.5, 0.6) is 0 Å². The zero-order chi connectivity index (χ0) is 30.2. The lowest BCUT2D eigenvalue weighted by Gasteiger charge is -2.44. The van der Waals surface area contributed by atoms with Crippen LogP contribution in [0, 0.1) is 29.1 Å². The molecule has 0 aromatic heterocycles. The van der Waals surface area contributed by atoms with E-state index in [9.17, 15) is 9.59 Å². The fraction of sp³-hybridized carbons (Fsp3) is 0.784. The fourth-order valence-corrected chi connectivity index (χ4v) is 8.09. The first-order chi connectivity index (χ1) is 19.3. The molecule has 0 aliphatic heterocycles. The molecule has 4 nitrogen and oxygen atoms in total. The van der Waals surface area contributed by atoms with E-state index in [-0.39, 0.29) is 18.0 Å². The van der Waals surface area contributed by atoms with Gasteiger partial charge in [-0.15, -0.1) is 0 Å². The van der Waals surface area contributed by atoms with Crippen molar-refractivity contribution in [1.82, 2.24) is 0 Å². The van der Waals surface area contributed by atoms with E-state index in [0.717, 1.165) is 49.9 Å². The zero-order valence-electron chi connectivity index (χ0n) is 27.7. The Kier molecular flexibility index (Phi) is 12.4.